The summed E-state index contributed by atoms with van der Waals surface area (Å²) in [4.78, 5) is 36.7. The van der Waals surface area contributed by atoms with Crippen LogP contribution in [0.15, 0.2) is 46.9 Å². The Bertz CT molecular complexity index is 940. The van der Waals surface area contributed by atoms with E-state index in [2.05, 4.69) is 32.1 Å². The second-order valence-corrected chi connectivity index (χ2v) is 8.40. The van der Waals surface area contributed by atoms with E-state index < -0.39 is 5.91 Å². The molecule has 3 N–H and O–H groups in total. The molecular weight excluding hydrogens is 462 g/mol. The normalized spacial score (nSPS) is 13.9. The molecule has 0 unspecified atom stereocenters. The number of hydrogen-bond acceptors (Lipinski definition) is 4. The third-order valence-electron chi connectivity index (χ3n) is 5.29. The molecule has 0 atom stereocenters. The van der Waals surface area contributed by atoms with Crippen LogP contribution in [0.4, 0.5) is 5.69 Å². The highest BCUT2D eigenvalue weighted by molar-refractivity contribution is 9.10. The third kappa shape index (κ3) is 6.55. The number of benzene rings is 2. The number of carbonyl (C=O) groups excluding carboxylic acids is 3. The Labute approximate surface area is 190 Å². The van der Waals surface area contributed by atoms with Gasteiger partial charge in [0.15, 0.2) is 0 Å². The Morgan fingerprint density at radius 1 is 1.00 bits per heavy atom. The van der Waals surface area contributed by atoms with Crippen LogP contribution in [0.3, 0.4) is 0 Å². The van der Waals surface area contributed by atoms with Gasteiger partial charge >= 0.3 is 0 Å². The first-order chi connectivity index (χ1) is 15.0. The Kier molecular flexibility index (Phi) is 8.06. The maximum atomic E-state index is 12.3. The van der Waals surface area contributed by atoms with Crippen LogP contribution in [-0.4, -0.2) is 24.8 Å². The molecule has 0 bridgehead atoms. The van der Waals surface area contributed by atoms with E-state index in [9.17, 15) is 14.4 Å². The van der Waals surface area contributed by atoms with E-state index >= 15 is 0 Å². The Hall–Kier alpha value is -2.87. The van der Waals surface area contributed by atoms with Gasteiger partial charge in [0.25, 0.3) is 5.91 Å². The summed E-state index contributed by atoms with van der Waals surface area (Å²) in [6.45, 7) is 0. The standard InChI is InChI=1S/C23H26BrN3O4/c1-31-20-12-7-15(13-19(20)24)14-21(28)25-18-10-8-17(9-11-18)23(30)27-26-22(29)16-5-3-2-4-6-16/h7-13,16H,2-6,14H2,1H3,(H,25,28)(H,26,29)(H,27,30). The summed E-state index contributed by atoms with van der Waals surface area (Å²) < 4.78 is 5.97. The second-order valence-electron chi connectivity index (χ2n) is 7.55. The Balaban J connectivity index is 1.48. The topological polar surface area (TPSA) is 96.5 Å². The fraction of sp³-hybridized carbons (Fsp3) is 0.348. The molecule has 0 radical (unpaired) electrons. The van der Waals surface area contributed by atoms with Crippen molar-refractivity contribution in [3.05, 3.63) is 58.1 Å². The van der Waals surface area contributed by atoms with Crippen LogP contribution < -0.4 is 20.9 Å². The number of amides is 3. The zero-order valence-corrected chi connectivity index (χ0v) is 19.0. The highest BCUT2D eigenvalue weighted by Crippen LogP contribution is 2.26. The maximum absolute atomic E-state index is 12.3. The predicted octanol–water partition coefficient (Wildman–Crippen LogP) is 3.98. The van der Waals surface area contributed by atoms with E-state index in [4.69, 9.17) is 4.74 Å². The largest absolute Gasteiger partial charge is 0.496 e. The highest BCUT2D eigenvalue weighted by Gasteiger charge is 2.21. The molecule has 164 valence electrons. The number of ether oxygens (including phenoxy) is 1. The molecule has 8 heteroatoms. The van der Waals surface area contributed by atoms with Crippen molar-refractivity contribution in [2.75, 3.05) is 12.4 Å². The monoisotopic (exact) mass is 487 g/mol. The van der Waals surface area contributed by atoms with E-state index in [0.29, 0.717) is 17.0 Å². The van der Waals surface area contributed by atoms with Crippen molar-refractivity contribution in [3.8, 4) is 5.75 Å². The van der Waals surface area contributed by atoms with Crippen molar-refractivity contribution in [2.24, 2.45) is 5.92 Å². The molecule has 0 saturated heterocycles. The zero-order valence-electron chi connectivity index (χ0n) is 17.4. The van der Waals surface area contributed by atoms with Crippen molar-refractivity contribution in [3.63, 3.8) is 0 Å². The first-order valence-electron chi connectivity index (χ1n) is 10.3. The lowest BCUT2D eigenvalue weighted by molar-refractivity contribution is -0.126. The van der Waals surface area contributed by atoms with Crippen LogP contribution in [0.1, 0.15) is 48.0 Å². The number of nitrogens with one attached hydrogen (secondary N) is 3. The molecule has 0 aliphatic heterocycles. The molecule has 0 heterocycles. The minimum absolute atomic E-state index is 0.0297. The van der Waals surface area contributed by atoms with Crippen molar-refractivity contribution in [1.29, 1.82) is 0 Å². The number of halogens is 1. The molecule has 2 aromatic carbocycles. The molecular formula is C23H26BrN3O4. The van der Waals surface area contributed by atoms with Crippen LogP contribution in [0.25, 0.3) is 0 Å². The zero-order chi connectivity index (χ0) is 22.2. The predicted molar refractivity (Wildman–Crippen MR) is 122 cm³/mol. The Morgan fingerprint density at radius 3 is 2.35 bits per heavy atom. The summed E-state index contributed by atoms with van der Waals surface area (Å²) >= 11 is 3.41. The van der Waals surface area contributed by atoms with Gasteiger partial charge < -0.3 is 10.1 Å². The highest BCUT2D eigenvalue weighted by atomic mass is 79.9. The number of methoxy groups -OCH3 is 1. The number of rotatable bonds is 6. The minimum Gasteiger partial charge on any atom is -0.496 e. The molecule has 3 rings (SSSR count). The number of anilines is 1. The average molecular weight is 488 g/mol. The summed E-state index contributed by atoms with van der Waals surface area (Å²) in [5.41, 5.74) is 6.80. The summed E-state index contributed by atoms with van der Waals surface area (Å²) in [7, 11) is 1.58. The molecule has 2 aromatic rings. The van der Waals surface area contributed by atoms with E-state index in [0.717, 1.165) is 42.1 Å². The van der Waals surface area contributed by atoms with Gasteiger partial charge in [-0.25, -0.2) is 0 Å². The average Bonchev–Trinajstić information content (AvgIpc) is 2.78. The number of hydrazine groups is 1. The van der Waals surface area contributed by atoms with Gasteiger partial charge in [0.05, 0.1) is 18.0 Å². The molecule has 0 spiro atoms. The Morgan fingerprint density at radius 2 is 1.71 bits per heavy atom. The van der Waals surface area contributed by atoms with E-state index in [1.807, 2.05) is 12.1 Å². The minimum atomic E-state index is -0.398. The van der Waals surface area contributed by atoms with E-state index in [1.165, 1.54) is 0 Å². The molecule has 31 heavy (non-hydrogen) atoms. The fourth-order valence-electron chi connectivity index (χ4n) is 3.57. The first-order valence-corrected chi connectivity index (χ1v) is 11.1. The molecule has 1 aliphatic rings. The van der Waals surface area contributed by atoms with Gasteiger partial charge in [0, 0.05) is 17.2 Å². The van der Waals surface area contributed by atoms with Crippen molar-refractivity contribution in [1.82, 2.24) is 10.9 Å². The van der Waals surface area contributed by atoms with Gasteiger partial charge in [-0.05, 0) is 70.7 Å². The van der Waals surface area contributed by atoms with Gasteiger partial charge in [-0.2, -0.15) is 0 Å². The van der Waals surface area contributed by atoms with Crippen LogP contribution in [0.5, 0.6) is 5.75 Å². The quantitative estimate of drug-likeness (QED) is 0.536. The molecule has 3 amide bonds. The van der Waals surface area contributed by atoms with Gasteiger partial charge in [0.1, 0.15) is 5.75 Å². The lowest BCUT2D eigenvalue weighted by Crippen LogP contribution is -2.44. The summed E-state index contributed by atoms with van der Waals surface area (Å²) in [6.07, 6.45) is 5.20. The SMILES string of the molecule is COc1ccc(CC(=O)Nc2ccc(C(=O)NNC(=O)C3CCCCC3)cc2)cc1Br. The molecule has 1 saturated carbocycles. The van der Waals surface area contributed by atoms with Crippen molar-refractivity contribution in [2.45, 2.75) is 38.5 Å². The molecule has 7 nitrogen and oxygen atoms in total. The third-order valence-corrected chi connectivity index (χ3v) is 5.91. The number of hydrogen-bond donors (Lipinski definition) is 3. The van der Waals surface area contributed by atoms with Crippen LogP contribution in [-0.2, 0) is 16.0 Å². The van der Waals surface area contributed by atoms with E-state index in [-0.39, 0.29) is 24.2 Å². The van der Waals surface area contributed by atoms with Gasteiger partial charge in [0.2, 0.25) is 11.8 Å². The summed E-state index contributed by atoms with van der Waals surface area (Å²) in [6, 6.07) is 12.0. The van der Waals surface area contributed by atoms with Crippen LogP contribution >= 0.6 is 15.9 Å². The lowest BCUT2D eigenvalue weighted by atomic mass is 9.89. The number of carbonyl (C=O) groups is 3. The second kappa shape index (κ2) is 10.9. The van der Waals surface area contributed by atoms with E-state index in [1.54, 1.807) is 37.4 Å². The smallest absolute Gasteiger partial charge is 0.269 e. The van der Waals surface area contributed by atoms with Gasteiger partial charge in [-0.3, -0.25) is 25.2 Å². The fourth-order valence-corrected chi connectivity index (χ4v) is 4.16. The molecule has 1 aliphatic carbocycles. The maximum Gasteiger partial charge on any atom is 0.269 e. The summed E-state index contributed by atoms with van der Waals surface area (Å²) in [5, 5.41) is 2.81. The summed E-state index contributed by atoms with van der Waals surface area (Å²) in [5.74, 6) is -0.0350. The van der Waals surface area contributed by atoms with Gasteiger partial charge in [-0.1, -0.05) is 25.3 Å². The first kappa shape index (κ1) is 22.8. The molecule has 0 aromatic heterocycles. The van der Waals surface area contributed by atoms with Crippen molar-refractivity contribution >= 4 is 39.3 Å². The van der Waals surface area contributed by atoms with Crippen LogP contribution in [0.2, 0.25) is 0 Å². The van der Waals surface area contributed by atoms with Gasteiger partial charge in [-0.15, -0.1) is 0 Å². The van der Waals surface area contributed by atoms with Crippen LogP contribution in [0, 0.1) is 5.92 Å². The molecule has 1 fully saturated rings. The lowest BCUT2D eigenvalue weighted by Gasteiger charge is -2.20. The van der Waals surface area contributed by atoms with Crippen molar-refractivity contribution < 1.29 is 19.1 Å².